The molecule has 0 aromatic carbocycles. The second-order valence-electron chi connectivity index (χ2n) is 4.30. The lowest BCUT2D eigenvalue weighted by Gasteiger charge is -2.09. The Balaban J connectivity index is 2.14. The summed E-state index contributed by atoms with van der Waals surface area (Å²) in [4.78, 5) is 8.73. The average Bonchev–Trinajstić information content (AvgIpc) is 2.89. The number of rotatable bonds is 8. The first kappa shape index (κ1) is 13.4. The first-order chi connectivity index (χ1) is 9.35. The zero-order valence-corrected chi connectivity index (χ0v) is 11.3. The van der Waals surface area contributed by atoms with Gasteiger partial charge in [0.2, 0.25) is 5.65 Å². The van der Waals surface area contributed by atoms with Crippen LogP contribution in [0.5, 0.6) is 5.88 Å². The van der Waals surface area contributed by atoms with Gasteiger partial charge in [0, 0.05) is 18.9 Å². The Kier molecular flexibility index (Phi) is 4.78. The van der Waals surface area contributed by atoms with E-state index in [9.17, 15) is 0 Å². The van der Waals surface area contributed by atoms with Crippen LogP contribution in [0.25, 0.3) is 5.65 Å². The van der Waals surface area contributed by atoms with Crippen LogP contribution >= 0.6 is 0 Å². The fourth-order valence-electron chi connectivity index (χ4n) is 1.73. The van der Waals surface area contributed by atoms with E-state index >= 15 is 0 Å². The highest BCUT2D eigenvalue weighted by Crippen LogP contribution is 2.18. The maximum absolute atomic E-state index is 5.72. The maximum Gasteiger partial charge on any atom is 0.260 e. The number of aromatic nitrogens is 3. The van der Waals surface area contributed by atoms with E-state index in [0.29, 0.717) is 12.5 Å². The molecule has 5 nitrogen and oxygen atoms in total. The van der Waals surface area contributed by atoms with Crippen molar-refractivity contribution in [3.63, 3.8) is 0 Å². The van der Waals surface area contributed by atoms with Crippen LogP contribution in [0.3, 0.4) is 0 Å². The van der Waals surface area contributed by atoms with Crippen molar-refractivity contribution in [3.8, 4) is 5.88 Å². The van der Waals surface area contributed by atoms with Crippen LogP contribution in [0.1, 0.15) is 26.2 Å². The van der Waals surface area contributed by atoms with Crippen molar-refractivity contribution in [3.05, 3.63) is 31.2 Å². The molecule has 0 saturated carbocycles. The van der Waals surface area contributed by atoms with Crippen LogP contribution in [-0.2, 0) is 0 Å². The normalized spacial score (nSPS) is 10.6. The zero-order valence-electron chi connectivity index (χ0n) is 11.3. The molecule has 0 aliphatic rings. The highest BCUT2D eigenvalue weighted by Gasteiger charge is 2.08. The van der Waals surface area contributed by atoms with Gasteiger partial charge in [0.1, 0.15) is 5.82 Å². The molecular formula is C14H20N4O. The Morgan fingerprint density at radius 1 is 1.53 bits per heavy atom. The van der Waals surface area contributed by atoms with E-state index < -0.39 is 0 Å². The van der Waals surface area contributed by atoms with Crippen LogP contribution in [0.4, 0.5) is 5.82 Å². The van der Waals surface area contributed by atoms with Crippen molar-refractivity contribution >= 4 is 11.5 Å². The van der Waals surface area contributed by atoms with Crippen LogP contribution in [0.2, 0.25) is 0 Å². The fraction of sp³-hybridized carbons (Fsp3) is 0.429. The highest BCUT2D eigenvalue weighted by atomic mass is 16.5. The summed E-state index contributed by atoms with van der Waals surface area (Å²) in [6.07, 6.45) is 10.4. The van der Waals surface area contributed by atoms with E-state index in [4.69, 9.17) is 4.74 Å². The molecule has 102 valence electrons. The number of hydrogen-bond donors (Lipinski definition) is 1. The number of unbranched alkanes of at least 4 members (excludes halogenated alkanes) is 1. The summed E-state index contributed by atoms with van der Waals surface area (Å²) >= 11 is 0. The van der Waals surface area contributed by atoms with E-state index in [-0.39, 0.29) is 0 Å². The van der Waals surface area contributed by atoms with Crippen molar-refractivity contribution in [1.29, 1.82) is 0 Å². The van der Waals surface area contributed by atoms with Gasteiger partial charge in [0.25, 0.3) is 5.88 Å². The smallest absolute Gasteiger partial charge is 0.260 e. The van der Waals surface area contributed by atoms with Gasteiger partial charge >= 0.3 is 0 Å². The Morgan fingerprint density at radius 2 is 2.42 bits per heavy atom. The molecule has 0 saturated heterocycles. The van der Waals surface area contributed by atoms with Crippen LogP contribution in [-0.4, -0.2) is 27.5 Å². The number of imidazole rings is 1. The highest BCUT2D eigenvalue weighted by molar-refractivity contribution is 5.53. The third kappa shape index (κ3) is 3.47. The number of hydrogen-bond acceptors (Lipinski definition) is 4. The predicted octanol–water partition coefficient (Wildman–Crippen LogP) is 2.90. The lowest BCUT2D eigenvalue weighted by Crippen LogP contribution is -2.07. The summed E-state index contributed by atoms with van der Waals surface area (Å²) in [6.45, 7) is 7.33. The number of anilines is 1. The molecule has 0 spiro atoms. The molecule has 0 unspecified atom stereocenters. The topological polar surface area (TPSA) is 51.5 Å². The molecular weight excluding hydrogens is 240 g/mol. The summed E-state index contributed by atoms with van der Waals surface area (Å²) in [5, 5.41) is 3.26. The van der Waals surface area contributed by atoms with E-state index in [1.165, 1.54) is 0 Å². The summed E-state index contributed by atoms with van der Waals surface area (Å²) in [6, 6.07) is 0. The second-order valence-corrected chi connectivity index (χ2v) is 4.30. The Labute approximate surface area is 113 Å². The van der Waals surface area contributed by atoms with Crippen LogP contribution in [0.15, 0.2) is 31.2 Å². The Morgan fingerprint density at radius 3 is 3.21 bits per heavy atom. The number of fused-ring (bicyclic) bond motifs is 1. The van der Waals surface area contributed by atoms with E-state index in [1.54, 1.807) is 6.20 Å². The molecule has 5 heteroatoms. The second kappa shape index (κ2) is 6.78. The number of nitrogens with one attached hydrogen (secondary N) is 1. The van der Waals surface area contributed by atoms with Gasteiger partial charge < -0.3 is 10.1 Å². The Hall–Kier alpha value is -2.04. The van der Waals surface area contributed by atoms with E-state index in [2.05, 4.69) is 28.8 Å². The summed E-state index contributed by atoms with van der Waals surface area (Å²) in [5.74, 6) is 1.39. The van der Waals surface area contributed by atoms with Gasteiger partial charge in [-0.1, -0.05) is 13.0 Å². The Bertz CT molecular complexity index is 535. The summed E-state index contributed by atoms with van der Waals surface area (Å²) < 4.78 is 7.64. The minimum Gasteiger partial charge on any atom is -0.475 e. The number of nitrogens with zero attached hydrogens (tertiary/aromatic N) is 3. The van der Waals surface area contributed by atoms with Crippen molar-refractivity contribution in [2.45, 2.75) is 26.2 Å². The molecule has 0 bridgehead atoms. The third-order valence-electron chi connectivity index (χ3n) is 2.69. The fourth-order valence-corrected chi connectivity index (χ4v) is 1.73. The van der Waals surface area contributed by atoms with Gasteiger partial charge in [-0.3, -0.25) is 4.40 Å². The zero-order chi connectivity index (χ0) is 13.5. The minimum absolute atomic E-state index is 0.579. The molecule has 0 fully saturated rings. The van der Waals surface area contributed by atoms with Crippen molar-refractivity contribution < 1.29 is 4.74 Å². The number of allylic oxidation sites excluding steroid dienone is 1. The minimum atomic E-state index is 0.579. The molecule has 0 aliphatic heterocycles. The standard InChI is InChI=1S/C14H20N4O/c1-3-5-6-10-19-14-13-16-8-9-18(13)11-12(17-14)15-7-4-2/h3,8-9,11,15H,1,4-7,10H2,2H3. The largest absolute Gasteiger partial charge is 0.475 e. The lowest BCUT2D eigenvalue weighted by atomic mass is 10.3. The van der Waals surface area contributed by atoms with Crippen LogP contribution in [0, 0.1) is 0 Å². The van der Waals surface area contributed by atoms with Crippen LogP contribution < -0.4 is 10.1 Å². The maximum atomic E-state index is 5.72. The monoisotopic (exact) mass is 260 g/mol. The molecule has 19 heavy (non-hydrogen) atoms. The van der Waals surface area contributed by atoms with Crippen molar-refractivity contribution in [2.75, 3.05) is 18.5 Å². The van der Waals surface area contributed by atoms with Gasteiger partial charge in [0.05, 0.1) is 12.8 Å². The van der Waals surface area contributed by atoms with E-state index in [0.717, 1.165) is 37.3 Å². The molecule has 2 rings (SSSR count). The lowest BCUT2D eigenvalue weighted by molar-refractivity contribution is 0.302. The molecule has 1 N–H and O–H groups in total. The SMILES string of the molecule is C=CCCCOc1nc(NCCC)cn2ccnc12. The van der Waals surface area contributed by atoms with Gasteiger partial charge in [-0.15, -0.1) is 6.58 Å². The molecule has 0 aliphatic carbocycles. The average molecular weight is 260 g/mol. The predicted molar refractivity (Wildman–Crippen MR) is 76.7 cm³/mol. The molecule has 2 aromatic heterocycles. The van der Waals surface area contributed by atoms with Crippen molar-refractivity contribution in [2.24, 2.45) is 0 Å². The first-order valence-electron chi connectivity index (χ1n) is 6.66. The van der Waals surface area contributed by atoms with Gasteiger partial charge in [-0.05, 0) is 19.3 Å². The van der Waals surface area contributed by atoms with Gasteiger partial charge in [-0.25, -0.2) is 4.98 Å². The quantitative estimate of drug-likeness (QED) is 0.585. The molecule has 0 amide bonds. The van der Waals surface area contributed by atoms with Gasteiger partial charge in [0.15, 0.2) is 0 Å². The molecule has 2 aromatic rings. The molecule has 0 atom stereocenters. The van der Waals surface area contributed by atoms with Crippen molar-refractivity contribution in [1.82, 2.24) is 14.4 Å². The molecule has 0 radical (unpaired) electrons. The number of ether oxygens (including phenoxy) is 1. The molecule has 2 heterocycles. The summed E-state index contributed by atoms with van der Waals surface area (Å²) in [7, 11) is 0. The third-order valence-corrected chi connectivity index (χ3v) is 2.69. The van der Waals surface area contributed by atoms with E-state index in [1.807, 2.05) is 22.9 Å². The summed E-state index contributed by atoms with van der Waals surface area (Å²) in [5.41, 5.74) is 0.751. The first-order valence-corrected chi connectivity index (χ1v) is 6.66. The van der Waals surface area contributed by atoms with Gasteiger partial charge in [-0.2, -0.15) is 4.98 Å².